The number of ether oxygens (including phenoxy) is 1. The topological polar surface area (TPSA) is 105 Å². The van der Waals surface area contributed by atoms with Crippen molar-refractivity contribution in [2.45, 2.75) is 50.8 Å². The summed E-state index contributed by atoms with van der Waals surface area (Å²) in [5, 5.41) is 9.46. The fourth-order valence-electron chi connectivity index (χ4n) is 3.82. The molecule has 8 nitrogen and oxygen atoms in total. The smallest absolute Gasteiger partial charge is 0.229 e. The van der Waals surface area contributed by atoms with Crippen molar-refractivity contribution >= 4 is 44.6 Å². The van der Waals surface area contributed by atoms with E-state index in [9.17, 15) is 8.42 Å². The van der Waals surface area contributed by atoms with E-state index >= 15 is 0 Å². The van der Waals surface area contributed by atoms with E-state index in [1.54, 1.807) is 38.1 Å². The number of nitrogens with one attached hydrogen (secondary N) is 3. The first kappa shape index (κ1) is 26.2. The van der Waals surface area contributed by atoms with Crippen molar-refractivity contribution in [2.75, 3.05) is 23.8 Å². The molecule has 2 aromatic carbocycles. The van der Waals surface area contributed by atoms with E-state index in [-0.39, 0.29) is 9.92 Å². The Balaban J connectivity index is 1.66. The van der Waals surface area contributed by atoms with E-state index in [2.05, 4.69) is 51.9 Å². The average molecular weight is 530 g/mol. The van der Waals surface area contributed by atoms with Crippen LogP contribution in [0.4, 0.5) is 23.1 Å². The summed E-state index contributed by atoms with van der Waals surface area (Å²) < 4.78 is 31.8. The molecule has 0 unspecified atom stereocenters. The first-order valence-electron chi connectivity index (χ1n) is 12.0. The number of fused-ring (bicyclic) bond motifs is 1. The molecule has 0 bridgehead atoms. The maximum Gasteiger partial charge on any atom is 0.229 e. The molecular formula is C26H32ClN5O3S. The molecule has 192 valence electrons. The highest BCUT2D eigenvalue weighted by Gasteiger charge is 2.23. The van der Waals surface area contributed by atoms with E-state index in [0.29, 0.717) is 30.0 Å². The van der Waals surface area contributed by atoms with Gasteiger partial charge in [-0.3, -0.25) is 0 Å². The van der Waals surface area contributed by atoms with Gasteiger partial charge in [-0.2, -0.15) is 4.98 Å². The molecule has 0 radical (unpaired) electrons. The standard InChI is InChI=1S/C26H32ClN5O3S/c1-16(2)15-35-23-12-19-13-28-10-9-18(19)11-22(23)31-26-29-14-20(27)25(32-26)30-21-7-5-6-8-24(21)36(33,34)17(3)4/h5-8,11-12,14,16-17,28H,9-10,13,15H2,1-4H3,(H2,29,30,31,32). The molecule has 1 aromatic heterocycles. The molecule has 1 aliphatic heterocycles. The molecule has 0 amide bonds. The summed E-state index contributed by atoms with van der Waals surface area (Å²) in [4.78, 5) is 9.09. The predicted molar refractivity (Wildman–Crippen MR) is 145 cm³/mol. The van der Waals surface area contributed by atoms with Gasteiger partial charge in [0.1, 0.15) is 10.8 Å². The summed E-state index contributed by atoms with van der Waals surface area (Å²) in [5.74, 6) is 1.71. The van der Waals surface area contributed by atoms with Crippen LogP contribution >= 0.6 is 11.6 Å². The molecule has 0 atom stereocenters. The molecule has 2 heterocycles. The highest BCUT2D eigenvalue weighted by molar-refractivity contribution is 7.92. The lowest BCUT2D eigenvalue weighted by Gasteiger charge is -2.22. The maximum atomic E-state index is 12.9. The highest BCUT2D eigenvalue weighted by atomic mass is 35.5. The van der Waals surface area contributed by atoms with Gasteiger partial charge in [0.25, 0.3) is 0 Å². The van der Waals surface area contributed by atoms with Gasteiger partial charge in [0.2, 0.25) is 5.95 Å². The summed E-state index contributed by atoms with van der Waals surface area (Å²) in [6.45, 7) is 9.81. The number of para-hydroxylation sites is 1. The lowest BCUT2D eigenvalue weighted by Crippen LogP contribution is -2.24. The number of aromatic nitrogens is 2. The van der Waals surface area contributed by atoms with Crippen molar-refractivity contribution in [1.82, 2.24) is 15.3 Å². The number of benzene rings is 2. The molecule has 10 heteroatoms. The van der Waals surface area contributed by atoms with Crippen molar-refractivity contribution in [2.24, 2.45) is 5.92 Å². The molecule has 0 fully saturated rings. The zero-order valence-electron chi connectivity index (χ0n) is 20.9. The Morgan fingerprint density at radius 3 is 2.61 bits per heavy atom. The molecular weight excluding hydrogens is 498 g/mol. The monoisotopic (exact) mass is 529 g/mol. The number of hydrogen-bond acceptors (Lipinski definition) is 8. The van der Waals surface area contributed by atoms with Gasteiger partial charge in [0.15, 0.2) is 15.7 Å². The summed E-state index contributed by atoms with van der Waals surface area (Å²) in [5.41, 5.74) is 3.63. The minimum absolute atomic E-state index is 0.192. The Bertz CT molecular complexity index is 1350. The van der Waals surface area contributed by atoms with Crippen LogP contribution in [0, 0.1) is 5.92 Å². The van der Waals surface area contributed by atoms with Gasteiger partial charge in [-0.15, -0.1) is 0 Å². The third kappa shape index (κ3) is 5.91. The number of hydrogen-bond donors (Lipinski definition) is 3. The first-order chi connectivity index (χ1) is 17.1. The third-order valence-corrected chi connectivity index (χ3v) is 8.31. The second-order valence-corrected chi connectivity index (χ2v) is 12.4. The minimum Gasteiger partial charge on any atom is -0.491 e. The van der Waals surface area contributed by atoms with Gasteiger partial charge in [0.05, 0.1) is 34.3 Å². The molecule has 0 saturated carbocycles. The minimum atomic E-state index is -3.51. The fourth-order valence-corrected chi connectivity index (χ4v) is 5.16. The molecule has 36 heavy (non-hydrogen) atoms. The Labute approximate surface area is 217 Å². The summed E-state index contributed by atoms with van der Waals surface area (Å²) in [6, 6.07) is 10.9. The fraction of sp³-hybridized carbons (Fsp3) is 0.385. The van der Waals surface area contributed by atoms with Crippen molar-refractivity contribution in [3.63, 3.8) is 0 Å². The van der Waals surface area contributed by atoms with Gasteiger partial charge in [0, 0.05) is 6.54 Å². The quantitative estimate of drug-likeness (QED) is 0.334. The van der Waals surface area contributed by atoms with E-state index in [0.717, 1.165) is 30.9 Å². The Hall–Kier alpha value is -2.88. The van der Waals surface area contributed by atoms with Crippen molar-refractivity contribution < 1.29 is 13.2 Å². The second kappa shape index (κ2) is 11.0. The van der Waals surface area contributed by atoms with E-state index < -0.39 is 15.1 Å². The van der Waals surface area contributed by atoms with Crippen LogP contribution in [0.1, 0.15) is 38.8 Å². The largest absolute Gasteiger partial charge is 0.491 e. The Kier molecular flexibility index (Phi) is 8.02. The highest BCUT2D eigenvalue weighted by Crippen LogP contribution is 2.34. The summed E-state index contributed by atoms with van der Waals surface area (Å²) in [6.07, 6.45) is 2.40. The maximum absolute atomic E-state index is 12.9. The zero-order chi connectivity index (χ0) is 25.9. The third-order valence-electron chi connectivity index (χ3n) is 5.82. The molecule has 3 aromatic rings. The normalized spacial score (nSPS) is 13.5. The van der Waals surface area contributed by atoms with Crippen LogP contribution in [0.5, 0.6) is 5.75 Å². The van der Waals surface area contributed by atoms with Gasteiger partial charge in [-0.1, -0.05) is 37.6 Å². The average Bonchev–Trinajstić information content (AvgIpc) is 2.84. The SMILES string of the molecule is CC(C)COc1cc2c(cc1Nc1ncc(Cl)c(Nc3ccccc3S(=O)(=O)C(C)C)n1)CCNC2. The molecule has 0 aliphatic carbocycles. The van der Waals surface area contributed by atoms with Gasteiger partial charge >= 0.3 is 0 Å². The van der Waals surface area contributed by atoms with Crippen LogP contribution in [0.15, 0.2) is 47.5 Å². The van der Waals surface area contributed by atoms with Crippen LogP contribution in [0.2, 0.25) is 5.02 Å². The van der Waals surface area contributed by atoms with E-state index in [4.69, 9.17) is 16.3 Å². The lowest BCUT2D eigenvalue weighted by atomic mass is 9.99. The van der Waals surface area contributed by atoms with Crippen LogP contribution in [-0.2, 0) is 22.8 Å². The molecule has 3 N–H and O–H groups in total. The molecule has 0 spiro atoms. The zero-order valence-corrected chi connectivity index (χ0v) is 22.5. The van der Waals surface area contributed by atoms with E-state index in [1.165, 1.54) is 17.3 Å². The van der Waals surface area contributed by atoms with Gasteiger partial charge in [-0.05, 0) is 68.1 Å². The van der Waals surface area contributed by atoms with Gasteiger partial charge in [-0.25, -0.2) is 13.4 Å². The Morgan fingerprint density at radius 1 is 1.08 bits per heavy atom. The number of nitrogens with zero attached hydrogens (tertiary/aromatic N) is 2. The second-order valence-electron chi connectivity index (χ2n) is 9.48. The lowest BCUT2D eigenvalue weighted by molar-refractivity contribution is 0.272. The molecule has 1 aliphatic rings. The van der Waals surface area contributed by atoms with Crippen LogP contribution < -0.4 is 20.7 Å². The Morgan fingerprint density at radius 2 is 1.86 bits per heavy atom. The van der Waals surface area contributed by atoms with Crippen LogP contribution in [0.25, 0.3) is 0 Å². The first-order valence-corrected chi connectivity index (χ1v) is 14.0. The number of anilines is 4. The summed E-state index contributed by atoms with van der Waals surface area (Å²) in [7, 11) is -3.51. The van der Waals surface area contributed by atoms with Crippen molar-refractivity contribution in [1.29, 1.82) is 0 Å². The van der Waals surface area contributed by atoms with E-state index in [1.807, 2.05) is 0 Å². The number of rotatable bonds is 9. The molecule has 0 saturated heterocycles. The number of halogens is 1. The van der Waals surface area contributed by atoms with Crippen molar-refractivity contribution in [3.8, 4) is 5.75 Å². The van der Waals surface area contributed by atoms with Crippen molar-refractivity contribution in [3.05, 3.63) is 58.7 Å². The van der Waals surface area contributed by atoms with Gasteiger partial charge < -0.3 is 20.7 Å². The number of sulfone groups is 1. The van der Waals surface area contributed by atoms with Crippen LogP contribution in [-0.4, -0.2) is 36.8 Å². The van der Waals surface area contributed by atoms with Crippen LogP contribution in [0.3, 0.4) is 0 Å². The summed E-state index contributed by atoms with van der Waals surface area (Å²) >= 11 is 6.39. The molecule has 4 rings (SSSR count). The predicted octanol–water partition coefficient (Wildman–Crippen LogP) is 5.48.